The zero-order valence-electron chi connectivity index (χ0n) is 15.1. The van der Waals surface area contributed by atoms with E-state index in [9.17, 15) is 4.79 Å². The van der Waals surface area contributed by atoms with E-state index in [-0.39, 0.29) is 11.8 Å². The van der Waals surface area contributed by atoms with Crippen LogP contribution >= 0.6 is 22.9 Å². The van der Waals surface area contributed by atoms with Gasteiger partial charge in [-0.15, -0.1) is 11.3 Å². The van der Waals surface area contributed by atoms with Crippen molar-refractivity contribution < 1.29 is 9.53 Å². The highest BCUT2D eigenvalue weighted by Crippen LogP contribution is 2.42. The van der Waals surface area contributed by atoms with Crippen LogP contribution in [0.15, 0.2) is 43.0 Å². The minimum absolute atomic E-state index is 0.0435. The van der Waals surface area contributed by atoms with Crippen LogP contribution in [0.2, 0.25) is 4.34 Å². The molecule has 1 aliphatic rings. The maximum Gasteiger partial charge on any atom is 0.246 e. The fourth-order valence-electron chi connectivity index (χ4n) is 3.18. The van der Waals surface area contributed by atoms with E-state index in [0.717, 1.165) is 27.1 Å². The number of carbonyl (C=O) groups is 1. The van der Waals surface area contributed by atoms with Gasteiger partial charge in [-0.2, -0.15) is 0 Å². The van der Waals surface area contributed by atoms with Gasteiger partial charge in [-0.25, -0.2) is 0 Å². The maximum atomic E-state index is 12.2. The molecule has 1 aliphatic heterocycles. The van der Waals surface area contributed by atoms with E-state index >= 15 is 0 Å². The summed E-state index contributed by atoms with van der Waals surface area (Å²) in [5.41, 5.74) is 2.28. The molecule has 6 heteroatoms. The van der Waals surface area contributed by atoms with Crippen molar-refractivity contribution in [1.82, 2.24) is 9.80 Å². The van der Waals surface area contributed by atoms with E-state index in [0.29, 0.717) is 19.7 Å². The Morgan fingerprint density at radius 1 is 1.42 bits per heavy atom. The van der Waals surface area contributed by atoms with E-state index in [2.05, 4.69) is 17.5 Å². The van der Waals surface area contributed by atoms with Gasteiger partial charge in [0.15, 0.2) is 0 Å². The lowest BCUT2D eigenvalue weighted by Gasteiger charge is -2.33. The first-order chi connectivity index (χ1) is 12.5. The number of carbonyl (C=O) groups excluding carboxylic acids is 1. The quantitative estimate of drug-likeness (QED) is 0.699. The van der Waals surface area contributed by atoms with Crippen LogP contribution in [0.3, 0.4) is 0 Å². The van der Waals surface area contributed by atoms with Crippen LogP contribution in [0.4, 0.5) is 0 Å². The normalized spacial score (nSPS) is 16.5. The van der Waals surface area contributed by atoms with Gasteiger partial charge in [0.05, 0.1) is 10.9 Å². The number of benzene rings is 1. The number of para-hydroxylation sites is 1. The number of amides is 1. The molecule has 1 aromatic heterocycles. The third kappa shape index (κ3) is 4.11. The van der Waals surface area contributed by atoms with Crippen molar-refractivity contribution in [1.29, 1.82) is 0 Å². The topological polar surface area (TPSA) is 32.8 Å². The van der Waals surface area contributed by atoms with Crippen LogP contribution in [0, 0.1) is 0 Å². The molecule has 1 aromatic carbocycles. The summed E-state index contributed by atoms with van der Waals surface area (Å²) in [6, 6.07) is 10.1. The van der Waals surface area contributed by atoms with E-state index < -0.39 is 0 Å². The second-order valence-electron chi connectivity index (χ2n) is 6.59. The van der Waals surface area contributed by atoms with E-state index in [4.69, 9.17) is 16.3 Å². The largest absolute Gasteiger partial charge is 0.492 e. The van der Waals surface area contributed by atoms with Gasteiger partial charge in [0, 0.05) is 29.4 Å². The number of ether oxygens (including phenoxy) is 1. The van der Waals surface area contributed by atoms with E-state index in [1.54, 1.807) is 0 Å². The van der Waals surface area contributed by atoms with E-state index in [1.807, 2.05) is 43.3 Å². The molecule has 0 N–H and O–H groups in total. The SMILES string of the molecule is C=CC(=O)N1Cc2sc(Cl)cc2[C@@H](c2ccccc2OCCN(C)C)C1. The fraction of sp³-hybridized carbons (Fsp3) is 0.350. The third-order valence-electron chi connectivity index (χ3n) is 4.50. The first-order valence-electron chi connectivity index (χ1n) is 8.55. The fourth-order valence-corrected chi connectivity index (χ4v) is 4.54. The van der Waals surface area contributed by atoms with Gasteiger partial charge >= 0.3 is 0 Å². The van der Waals surface area contributed by atoms with Crippen molar-refractivity contribution in [2.45, 2.75) is 12.5 Å². The van der Waals surface area contributed by atoms with Crippen LogP contribution < -0.4 is 4.74 Å². The van der Waals surface area contributed by atoms with Crippen LogP contribution in [-0.4, -0.2) is 49.5 Å². The predicted molar refractivity (Wildman–Crippen MR) is 107 cm³/mol. The number of halogens is 1. The van der Waals surface area contributed by atoms with Crippen molar-refractivity contribution in [3.8, 4) is 5.75 Å². The summed E-state index contributed by atoms with van der Waals surface area (Å²) in [7, 11) is 4.05. The summed E-state index contributed by atoms with van der Waals surface area (Å²) >= 11 is 7.82. The highest BCUT2D eigenvalue weighted by molar-refractivity contribution is 7.16. The molecule has 2 aromatic rings. The molecule has 0 spiro atoms. The molecule has 3 rings (SSSR count). The van der Waals surface area contributed by atoms with Gasteiger partial charge in [0.2, 0.25) is 5.91 Å². The van der Waals surface area contributed by atoms with Crippen molar-refractivity contribution >= 4 is 28.8 Å². The smallest absolute Gasteiger partial charge is 0.246 e. The van der Waals surface area contributed by atoms with Crippen molar-refractivity contribution in [3.05, 3.63) is 63.3 Å². The Labute approximate surface area is 163 Å². The highest BCUT2D eigenvalue weighted by Gasteiger charge is 2.31. The molecule has 26 heavy (non-hydrogen) atoms. The van der Waals surface area contributed by atoms with Gasteiger partial charge in [-0.1, -0.05) is 36.4 Å². The molecule has 0 unspecified atom stereocenters. The molecule has 0 radical (unpaired) electrons. The van der Waals surface area contributed by atoms with Gasteiger partial charge in [-0.3, -0.25) is 4.79 Å². The molecule has 1 amide bonds. The molecule has 1 atom stereocenters. The molecule has 4 nitrogen and oxygen atoms in total. The molecular weight excluding hydrogens is 368 g/mol. The summed E-state index contributed by atoms with van der Waals surface area (Å²) in [6.45, 7) is 6.26. The van der Waals surface area contributed by atoms with Gasteiger partial charge in [0.1, 0.15) is 12.4 Å². The number of hydrogen-bond acceptors (Lipinski definition) is 4. The average Bonchev–Trinajstić information content (AvgIpc) is 3.00. The zero-order chi connectivity index (χ0) is 18.7. The van der Waals surface area contributed by atoms with Crippen LogP contribution in [-0.2, 0) is 11.3 Å². The monoisotopic (exact) mass is 390 g/mol. The van der Waals surface area contributed by atoms with E-state index in [1.165, 1.54) is 23.0 Å². The number of rotatable bonds is 6. The molecule has 0 fully saturated rings. The Hall–Kier alpha value is -1.82. The summed E-state index contributed by atoms with van der Waals surface area (Å²) in [6.07, 6.45) is 1.37. The molecule has 0 saturated heterocycles. The number of thiophene rings is 1. The lowest BCUT2D eigenvalue weighted by atomic mass is 9.88. The zero-order valence-corrected chi connectivity index (χ0v) is 16.6. The maximum absolute atomic E-state index is 12.2. The minimum atomic E-state index is -0.0591. The average molecular weight is 391 g/mol. The standard InChI is InChI=1S/C20H23ClN2O2S/c1-4-20(24)23-12-16(15-11-19(21)26-18(15)13-23)14-7-5-6-8-17(14)25-10-9-22(2)3/h4-8,11,16H,1,9-10,12-13H2,2-3H3/t16-/m1/s1. The summed E-state index contributed by atoms with van der Waals surface area (Å²) < 4.78 is 6.80. The second-order valence-corrected chi connectivity index (χ2v) is 8.36. The first-order valence-corrected chi connectivity index (χ1v) is 9.75. The molecule has 0 bridgehead atoms. The minimum Gasteiger partial charge on any atom is -0.492 e. The predicted octanol–water partition coefficient (Wildman–Crippen LogP) is 4.00. The second kappa shape index (κ2) is 8.25. The van der Waals surface area contributed by atoms with Gasteiger partial charge in [0.25, 0.3) is 0 Å². The Morgan fingerprint density at radius 2 is 2.19 bits per heavy atom. The Balaban J connectivity index is 1.94. The first kappa shape index (κ1) is 19.0. The Bertz CT molecular complexity index is 803. The van der Waals surface area contributed by atoms with Crippen molar-refractivity contribution in [2.24, 2.45) is 0 Å². The van der Waals surface area contributed by atoms with Crippen LogP contribution in [0.5, 0.6) is 5.75 Å². The summed E-state index contributed by atoms with van der Waals surface area (Å²) in [5, 5.41) is 0. The molecule has 0 aliphatic carbocycles. The Kier molecular flexibility index (Phi) is 6.01. The van der Waals surface area contributed by atoms with Crippen molar-refractivity contribution in [3.63, 3.8) is 0 Å². The Morgan fingerprint density at radius 3 is 2.92 bits per heavy atom. The van der Waals surface area contributed by atoms with Gasteiger partial charge in [-0.05, 0) is 37.9 Å². The molecule has 2 heterocycles. The number of hydrogen-bond donors (Lipinski definition) is 0. The lowest BCUT2D eigenvalue weighted by molar-refractivity contribution is -0.127. The number of fused-ring (bicyclic) bond motifs is 1. The number of nitrogens with zero attached hydrogens (tertiary/aromatic N) is 2. The molecular formula is C20H23ClN2O2S. The van der Waals surface area contributed by atoms with Crippen molar-refractivity contribution in [2.75, 3.05) is 33.8 Å². The number of likely N-dealkylation sites (N-methyl/N-ethyl adjacent to an activating group) is 1. The van der Waals surface area contributed by atoms with Crippen LogP contribution in [0.25, 0.3) is 0 Å². The molecule has 0 saturated carbocycles. The summed E-state index contributed by atoms with van der Waals surface area (Å²) in [5.74, 6) is 0.846. The highest BCUT2D eigenvalue weighted by atomic mass is 35.5. The van der Waals surface area contributed by atoms with Crippen LogP contribution in [0.1, 0.15) is 21.9 Å². The molecule has 138 valence electrons. The lowest BCUT2D eigenvalue weighted by Crippen LogP contribution is -2.37. The summed E-state index contributed by atoms with van der Waals surface area (Å²) in [4.78, 5) is 17.3. The third-order valence-corrected chi connectivity index (χ3v) is 5.77. The van der Waals surface area contributed by atoms with Gasteiger partial charge < -0.3 is 14.5 Å².